The minimum atomic E-state index is -4.55. The lowest BCUT2D eigenvalue weighted by Gasteiger charge is -2.12. The summed E-state index contributed by atoms with van der Waals surface area (Å²) >= 11 is 5.80. The Morgan fingerprint density at radius 3 is 2.65 bits per heavy atom. The lowest BCUT2D eigenvalue weighted by atomic mass is 10.1. The minimum Gasteiger partial charge on any atom is -0.392 e. The standard InChI is InChI=1S/C12H10ClF3N2O2/c1-6(19)5-18-10(20)8-4-7(12(14,15)16)2-3-9(8)17-11(18)13/h2-4,6,19H,5H2,1H3. The van der Waals surface area contributed by atoms with Crippen molar-refractivity contribution in [3.63, 3.8) is 0 Å². The number of hydrogen-bond donors (Lipinski definition) is 1. The number of aromatic nitrogens is 2. The fourth-order valence-electron chi connectivity index (χ4n) is 1.79. The molecular weight excluding hydrogens is 297 g/mol. The quantitative estimate of drug-likeness (QED) is 0.867. The molecule has 2 rings (SSSR count). The molecule has 108 valence electrons. The van der Waals surface area contributed by atoms with E-state index in [4.69, 9.17) is 11.6 Å². The summed E-state index contributed by atoms with van der Waals surface area (Å²) in [7, 11) is 0. The van der Waals surface area contributed by atoms with Crippen LogP contribution in [0.3, 0.4) is 0 Å². The Morgan fingerprint density at radius 1 is 1.45 bits per heavy atom. The first-order valence-corrected chi connectivity index (χ1v) is 6.03. The summed E-state index contributed by atoms with van der Waals surface area (Å²) in [5.74, 6) is 0. The molecule has 1 N–H and O–H groups in total. The molecule has 2 aromatic rings. The Labute approximate surface area is 116 Å². The molecule has 0 radical (unpaired) electrons. The highest BCUT2D eigenvalue weighted by atomic mass is 35.5. The van der Waals surface area contributed by atoms with Crippen LogP contribution in [0.25, 0.3) is 10.9 Å². The third kappa shape index (κ3) is 2.78. The summed E-state index contributed by atoms with van der Waals surface area (Å²) in [5, 5.41) is 8.92. The summed E-state index contributed by atoms with van der Waals surface area (Å²) in [6, 6.07) is 2.67. The van der Waals surface area contributed by atoms with Gasteiger partial charge in [-0.3, -0.25) is 9.36 Å². The zero-order chi connectivity index (χ0) is 15.1. The number of halogens is 4. The number of alkyl halides is 3. The van der Waals surface area contributed by atoms with Gasteiger partial charge in [-0.15, -0.1) is 0 Å². The maximum atomic E-state index is 12.6. The minimum absolute atomic E-state index is 0.0786. The molecule has 1 atom stereocenters. The maximum absolute atomic E-state index is 12.6. The van der Waals surface area contributed by atoms with E-state index in [0.717, 1.165) is 22.8 Å². The van der Waals surface area contributed by atoms with Crippen LogP contribution in [-0.4, -0.2) is 20.8 Å². The van der Waals surface area contributed by atoms with E-state index < -0.39 is 23.4 Å². The van der Waals surface area contributed by atoms with Crippen LogP contribution in [0, 0.1) is 0 Å². The summed E-state index contributed by atoms with van der Waals surface area (Å²) in [6.45, 7) is 1.29. The average Bonchev–Trinajstić information content (AvgIpc) is 2.32. The number of benzene rings is 1. The number of aliphatic hydroxyl groups excluding tert-OH is 1. The van der Waals surface area contributed by atoms with E-state index in [-0.39, 0.29) is 22.7 Å². The Kier molecular flexibility index (Phi) is 3.75. The van der Waals surface area contributed by atoms with E-state index in [1.165, 1.54) is 6.92 Å². The third-order valence-corrected chi connectivity index (χ3v) is 2.97. The topological polar surface area (TPSA) is 55.1 Å². The molecule has 4 nitrogen and oxygen atoms in total. The lowest BCUT2D eigenvalue weighted by Crippen LogP contribution is -2.27. The molecule has 0 aliphatic carbocycles. The van der Waals surface area contributed by atoms with E-state index >= 15 is 0 Å². The van der Waals surface area contributed by atoms with Crippen molar-refractivity contribution in [1.29, 1.82) is 0 Å². The number of aliphatic hydroxyl groups is 1. The molecule has 1 heterocycles. The monoisotopic (exact) mass is 306 g/mol. The number of rotatable bonds is 2. The third-order valence-electron chi connectivity index (χ3n) is 2.68. The second kappa shape index (κ2) is 5.06. The number of hydrogen-bond acceptors (Lipinski definition) is 3. The predicted molar refractivity (Wildman–Crippen MR) is 67.7 cm³/mol. The zero-order valence-corrected chi connectivity index (χ0v) is 11.0. The van der Waals surface area contributed by atoms with Crippen LogP contribution >= 0.6 is 11.6 Å². The summed E-state index contributed by atoms with van der Waals surface area (Å²) in [4.78, 5) is 16.0. The van der Waals surface area contributed by atoms with Gasteiger partial charge in [0, 0.05) is 0 Å². The average molecular weight is 307 g/mol. The smallest absolute Gasteiger partial charge is 0.392 e. The van der Waals surface area contributed by atoms with E-state index in [1.807, 2.05) is 0 Å². The van der Waals surface area contributed by atoms with Crippen molar-refractivity contribution in [2.45, 2.75) is 25.7 Å². The zero-order valence-electron chi connectivity index (χ0n) is 10.3. The van der Waals surface area contributed by atoms with Crippen LogP contribution in [-0.2, 0) is 12.7 Å². The number of fused-ring (bicyclic) bond motifs is 1. The van der Waals surface area contributed by atoms with Crippen LogP contribution in [0.15, 0.2) is 23.0 Å². The van der Waals surface area contributed by atoms with E-state index in [2.05, 4.69) is 4.98 Å². The SMILES string of the molecule is CC(O)Cn1c(Cl)nc2ccc(C(F)(F)F)cc2c1=O. The fraction of sp³-hybridized carbons (Fsp3) is 0.333. The lowest BCUT2D eigenvalue weighted by molar-refractivity contribution is -0.137. The van der Waals surface area contributed by atoms with Gasteiger partial charge in [-0.25, -0.2) is 4.98 Å². The molecule has 0 bridgehead atoms. The van der Waals surface area contributed by atoms with Gasteiger partial charge in [0.05, 0.1) is 29.1 Å². The van der Waals surface area contributed by atoms with Gasteiger partial charge in [0.15, 0.2) is 0 Å². The molecule has 20 heavy (non-hydrogen) atoms. The largest absolute Gasteiger partial charge is 0.416 e. The highest BCUT2D eigenvalue weighted by molar-refractivity contribution is 6.28. The van der Waals surface area contributed by atoms with Crippen LogP contribution in [0.4, 0.5) is 13.2 Å². The van der Waals surface area contributed by atoms with Gasteiger partial charge in [-0.05, 0) is 36.7 Å². The molecule has 0 aliphatic rings. The van der Waals surface area contributed by atoms with Crippen molar-refractivity contribution in [2.24, 2.45) is 0 Å². The summed E-state index contributed by atoms with van der Waals surface area (Å²) in [6.07, 6.45) is -5.43. The van der Waals surface area contributed by atoms with Crippen LogP contribution in [0.1, 0.15) is 12.5 Å². The second-order valence-corrected chi connectivity index (χ2v) is 4.71. The van der Waals surface area contributed by atoms with Crippen molar-refractivity contribution in [3.05, 3.63) is 39.4 Å². The van der Waals surface area contributed by atoms with Crippen LogP contribution < -0.4 is 5.56 Å². The molecule has 0 spiro atoms. The van der Waals surface area contributed by atoms with Gasteiger partial charge in [0.2, 0.25) is 5.28 Å². The Balaban J connectivity index is 2.71. The Hall–Kier alpha value is -1.60. The molecule has 0 fully saturated rings. The van der Waals surface area contributed by atoms with Crippen molar-refractivity contribution < 1.29 is 18.3 Å². The first kappa shape index (κ1) is 14.8. The van der Waals surface area contributed by atoms with Gasteiger partial charge in [-0.1, -0.05) is 0 Å². The van der Waals surface area contributed by atoms with Crippen molar-refractivity contribution in [1.82, 2.24) is 9.55 Å². The normalized spacial score (nSPS) is 13.7. The predicted octanol–water partition coefficient (Wildman–Crippen LogP) is 2.45. The van der Waals surface area contributed by atoms with Crippen LogP contribution in [0.2, 0.25) is 5.28 Å². The molecule has 0 amide bonds. The first-order valence-electron chi connectivity index (χ1n) is 5.65. The van der Waals surface area contributed by atoms with Gasteiger partial charge < -0.3 is 5.11 Å². The Bertz CT molecular complexity index is 710. The fourth-order valence-corrected chi connectivity index (χ4v) is 2.03. The van der Waals surface area contributed by atoms with Crippen molar-refractivity contribution in [3.8, 4) is 0 Å². The van der Waals surface area contributed by atoms with Crippen molar-refractivity contribution >= 4 is 22.5 Å². The molecular formula is C12H10ClF3N2O2. The highest BCUT2D eigenvalue weighted by Gasteiger charge is 2.31. The van der Waals surface area contributed by atoms with Gasteiger partial charge >= 0.3 is 6.18 Å². The Morgan fingerprint density at radius 2 is 2.10 bits per heavy atom. The maximum Gasteiger partial charge on any atom is 0.416 e. The van der Waals surface area contributed by atoms with Gasteiger partial charge in [0.1, 0.15) is 0 Å². The molecule has 0 aliphatic heterocycles. The molecule has 8 heteroatoms. The molecule has 1 aromatic carbocycles. The van der Waals surface area contributed by atoms with Gasteiger partial charge in [0.25, 0.3) is 5.56 Å². The van der Waals surface area contributed by atoms with Crippen LogP contribution in [0.5, 0.6) is 0 Å². The van der Waals surface area contributed by atoms with E-state index in [9.17, 15) is 23.1 Å². The molecule has 1 unspecified atom stereocenters. The van der Waals surface area contributed by atoms with E-state index in [1.54, 1.807) is 0 Å². The number of nitrogens with zero attached hydrogens (tertiary/aromatic N) is 2. The highest BCUT2D eigenvalue weighted by Crippen LogP contribution is 2.30. The molecule has 0 saturated heterocycles. The van der Waals surface area contributed by atoms with E-state index in [0.29, 0.717) is 0 Å². The first-order chi connectivity index (χ1) is 9.20. The second-order valence-electron chi connectivity index (χ2n) is 4.38. The summed E-state index contributed by atoms with van der Waals surface area (Å²) < 4.78 is 38.9. The molecule has 1 aromatic heterocycles. The summed E-state index contributed by atoms with van der Waals surface area (Å²) in [5.41, 5.74) is -1.57. The van der Waals surface area contributed by atoms with Gasteiger partial charge in [-0.2, -0.15) is 13.2 Å². The van der Waals surface area contributed by atoms with Crippen molar-refractivity contribution in [2.75, 3.05) is 0 Å². The molecule has 0 saturated carbocycles.